The van der Waals surface area contributed by atoms with Crippen molar-refractivity contribution in [3.63, 3.8) is 0 Å². The standard InChI is InChI=1S/C18H16N2O3/c1-3-11-8-12(17(22)9-16(11)21)18(23)15-10-19-13-6-4-5-7-14(13)20(15)2/h4-9,15H,3H2,1-2H3,(H-,21,22,23)/p+1. The summed E-state index contributed by atoms with van der Waals surface area (Å²) in [6.07, 6.45) is 0.563. The highest BCUT2D eigenvalue weighted by atomic mass is 16.3. The zero-order valence-corrected chi connectivity index (χ0v) is 12.9. The molecule has 1 aliphatic heterocycles. The molecule has 1 aliphatic rings. The number of carbonyl (C=O) groups excluding carboxylic acids is 1. The Morgan fingerprint density at radius 3 is 2.74 bits per heavy atom. The van der Waals surface area contributed by atoms with Crippen LogP contribution < -0.4 is 4.90 Å². The summed E-state index contributed by atoms with van der Waals surface area (Å²) in [6, 6.07) is 12.3. The normalized spacial score (nSPS) is 15.6. The van der Waals surface area contributed by atoms with Crippen LogP contribution in [0.4, 0.5) is 11.4 Å². The Balaban J connectivity index is 2.02. The van der Waals surface area contributed by atoms with Gasteiger partial charge in [0.15, 0.2) is 0 Å². The number of benzene rings is 2. The minimum atomic E-state index is -0.718. The molecule has 2 aromatic rings. The van der Waals surface area contributed by atoms with Crippen molar-refractivity contribution in [2.75, 3.05) is 11.9 Å². The maximum Gasteiger partial charge on any atom is 0.363 e. The molecule has 1 unspecified atom stereocenters. The van der Waals surface area contributed by atoms with Gasteiger partial charge in [-0.1, -0.05) is 19.1 Å². The molecule has 0 aliphatic carbocycles. The quantitative estimate of drug-likeness (QED) is 0.854. The smallest absolute Gasteiger partial charge is 0.363 e. The van der Waals surface area contributed by atoms with Crippen molar-refractivity contribution < 1.29 is 15.0 Å². The van der Waals surface area contributed by atoms with Crippen LogP contribution in [-0.4, -0.2) is 29.1 Å². The fourth-order valence-electron chi connectivity index (χ4n) is 2.70. The number of aromatic hydroxyl groups is 2. The van der Waals surface area contributed by atoms with Crippen molar-refractivity contribution in [3.05, 3.63) is 52.4 Å². The van der Waals surface area contributed by atoms with Crippen LogP contribution in [0.5, 0.6) is 11.5 Å². The lowest BCUT2D eigenvalue weighted by Crippen LogP contribution is -2.38. The third-order valence-electron chi connectivity index (χ3n) is 4.05. The number of fused-ring (bicyclic) bond motifs is 1. The molecule has 2 N–H and O–H groups in total. The second kappa shape index (κ2) is 5.65. The summed E-state index contributed by atoms with van der Waals surface area (Å²) in [7, 11) is 1.79. The van der Waals surface area contributed by atoms with Gasteiger partial charge in [-0.15, -0.1) is 0 Å². The summed E-state index contributed by atoms with van der Waals surface area (Å²) >= 11 is 0. The molecule has 0 aromatic heterocycles. The van der Waals surface area contributed by atoms with Crippen LogP contribution in [0.2, 0.25) is 0 Å². The first-order valence-corrected chi connectivity index (χ1v) is 7.40. The monoisotopic (exact) mass is 309 g/mol. The van der Waals surface area contributed by atoms with E-state index in [0.717, 1.165) is 11.4 Å². The van der Waals surface area contributed by atoms with Crippen LogP contribution in [0.1, 0.15) is 22.8 Å². The molecule has 5 nitrogen and oxygen atoms in total. The molecule has 5 heteroatoms. The van der Waals surface area contributed by atoms with E-state index in [1.165, 1.54) is 12.1 Å². The van der Waals surface area contributed by atoms with Crippen LogP contribution in [-0.2, 0) is 6.42 Å². The first kappa shape index (κ1) is 14.9. The lowest BCUT2D eigenvalue weighted by molar-refractivity contribution is 0.0976. The van der Waals surface area contributed by atoms with Crippen LogP contribution in [0.25, 0.3) is 4.85 Å². The van der Waals surface area contributed by atoms with Gasteiger partial charge in [0.25, 0.3) is 0 Å². The molecule has 0 saturated heterocycles. The van der Waals surface area contributed by atoms with E-state index in [4.69, 9.17) is 0 Å². The lowest BCUT2D eigenvalue weighted by atomic mass is 9.98. The Labute approximate surface area is 134 Å². The predicted octanol–water partition coefficient (Wildman–Crippen LogP) is 3.33. The number of anilines is 1. The zero-order valence-electron chi connectivity index (χ0n) is 12.9. The average Bonchev–Trinajstić information content (AvgIpc) is 2.55. The highest BCUT2D eigenvalue weighted by Gasteiger charge is 2.35. The molecule has 3 rings (SSSR count). The average molecular weight is 309 g/mol. The summed E-state index contributed by atoms with van der Waals surface area (Å²) in [5, 5.41) is 19.8. The first-order valence-electron chi connectivity index (χ1n) is 7.40. The Morgan fingerprint density at radius 2 is 2.00 bits per heavy atom. The van der Waals surface area contributed by atoms with E-state index in [1.54, 1.807) is 11.9 Å². The van der Waals surface area contributed by atoms with E-state index in [0.29, 0.717) is 12.0 Å². The fourth-order valence-corrected chi connectivity index (χ4v) is 2.70. The van der Waals surface area contributed by atoms with Gasteiger partial charge in [-0.25, -0.2) is 0 Å². The fraction of sp³-hybridized carbons (Fsp3) is 0.222. The van der Waals surface area contributed by atoms with Crippen LogP contribution >= 0.6 is 0 Å². The van der Waals surface area contributed by atoms with Gasteiger partial charge < -0.3 is 15.1 Å². The van der Waals surface area contributed by atoms with Crippen LogP contribution in [0.15, 0.2) is 36.4 Å². The highest BCUT2D eigenvalue weighted by molar-refractivity contribution is 6.07. The van der Waals surface area contributed by atoms with Crippen molar-refractivity contribution in [1.82, 2.24) is 0 Å². The molecule has 1 heterocycles. The molecule has 116 valence electrons. The Morgan fingerprint density at radius 1 is 1.26 bits per heavy atom. The summed E-state index contributed by atoms with van der Waals surface area (Å²) < 4.78 is 0. The maximum atomic E-state index is 12.8. The number of aryl methyl sites for hydroxylation is 1. The molecule has 23 heavy (non-hydrogen) atoms. The number of phenols is 2. The number of hydrogen-bond acceptors (Lipinski definition) is 4. The van der Waals surface area contributed by atoms with E-state index >= 15 is 0 Å². The van der Waals surface area contributed by atoms with Crippen molar-refractivity contribution in [2.24, 2.45) is 0 Å². The Bertz CT molecular complexity index is 849. The topological polar surface area (TPSA) is 65.1 Å². The molecule has 0 amide bonds. The van der Waals surface area contributed by atoms with Crippen molar-refractivity contribution >= 4 is 17.2 Å². The molecule has 1 atom stereocenters. The summed E-state index contributed by atoms with van der Waals surface area (Å²) in [5.74, 6) is -0.557. The number of hydrogen-bond donors (Lipinski definition) is 2. The summed E-state index contributed by atoms with van der Waals surface area (Å²) in [4.78, 5) is 18.8. The highest BCUT2D eigenvalue weighted by Crippen LogP contribution is 2.34. The number of likely N-dealkylation sites (N-methyl/N-ethyl adjacent to an activating group) is 1. The van der Waals surface area contributed by atoms with Crippen molar-refractivity contribution in [2.45, 2.75) is 19.4 Å². The van der Waals surface area contributed by atoms with Crippen LogP contribution in [0, 0.1) is 6.07 Å². The zero-order chi connectivity index (χ0) is 16.6. The van der Waals surface area contributed by atoms with Crippen molar-refractivity contribution in [3.8, 4) is 17.6 Å². The van der Waals surface area contributed by atoms with Gasteiger partial charge in [-0.05, 0) is 29.0 Å². The Kier molecular flexibility index (Phi) is 3.67. The number of rotatable bonds is 3. The van der Waals surface area contributed by atoms with Gasteiger partial charge in [-0.3, -0.25) is 4.79 Å². The molecule has 0 bridgehead atoms. The third kappa shape index (κ3) is 2.49. The summed E-state index contributed by atoms with van der Waals surface area (Å²) in [6.45, 7) is 1.87. The third-order valence-corrected chi connectivity index (χ3v) is 4.05. The van der Waals surface area contributed by atoms with E-state index in [2.05, 4.69) is 10.9 Å². The van der Waals surface area contributed by atoms with Crippen LogP contribution in [0.3, 0.4) is 0 Å². The van der Waals surface area contributed by atoms with Gasteiger partial charge in [0, 0.05) is 19.2 Å². The molecule has 0 fully saturated rings. The van der Waals surface area contributed by atoms with Gasteiger partial charge in [0.2, 0.25) is 11.8 Å². The number of ketones is 1. The lowest BCUT2D eigenvalue weighted by Gasteiger charge is -2.22. The van der Waals surface area contributed by atoms with Gasteiger partial charge in [-0.2, -0.15) is 0 Å². The minimum Gasteiger partial charge on any atom is -0.508 e. The number of phenolic OH excluding ortho intramolecular Hbond substituents is 2. The van der Waals surface area contributed by atoms with E-state index in [1.807, 2.05) is 31.2 Å². The molecule has 2 aromatic carbocycles. The molecule has 0 spiro atoms. The number of para-hydroxylation sites is 2. The largest absolute Gasteiger partial charge is 0.508 e. The molecule has 0 radical (unpaired) electrons. The number of nitrogens with zero attached hydrogens (tertiary/aromatic N) is 2. The second-order valence-corrected chi connectivity index (χ2v) is 5.46. The molecular formula is C18H17N2O3+. The number of carbonyl (C=O) groups is 1. The molecule has 0 saturated carbocycles. The van der Waals surface area contributed by atoms with E-state index < -0.39 is 6.04 Å². The molecular weight excluding hydrogens is 292 g/mol. The first-order chi connectivity index (χ1) is 11.0. The Hall–Kier alpha value is -3.00. The summed E-state index contributed by atoms with van der Waals surface area (Å²) in [5.41, 5.74) is 2.36. The maximum absolute atomic E-state index is 12.8. The second-order valence-electron chi connectivity index (χ2n) is 5.46. The number of Topliss-reactive ketones (excluding diaryl/α,β-unsaturated/α-hetero) is 1. The van der Waals surface area contributed by atoms with E-state index in [9.17, 15) is 15.0 Å². The van der Waals surface area contributed by atoms with Crippen molar-refractivity contribution in [1.29, 1.82) is 0 Å². The van der Waals surface area contributed by atoms with Gasteiger partial charge in [0.05, 0.1) is 5.56 Å². The van der Waals surface area contributed by atoms with E-state index in [-0.39, 0.29) is 22.8 Å². The predicted molar refractivity (Wildman–Crippen MR) is 89.0 cm³/mol. The van der Waals surface area contributed by atoms with Gasteiger partial charge in [0.1, 0.15) is 17.2 Å². The SMILES string of the molecule is CCc1cc(C(=O)C2C#[N+]c3ccccc3N2C)c(O)cc1O. The van der Waals surface area contributed by atoms with Gasteiger partial charge >= 0.3 is 11.8 Å². The minimum absolute atomic E-state index is 0.0125.